The van der Waals surface area contributed by atoms with Crippen molar-refractivity contribution in [3.05, 3.63) is 95.5 Å². The SMILES string of the molecule is Cl.NCc1ccc2c(c1)CN(c1c(N)c(=O)c1=O)CC2.O=C(O)c1nc2ccc(F)cc2c(=O)[nH]1. The van der Waals surface area contributed by atoms with E-state index in [-0.39, 0.29) is 29.0 Å². The van der Waals surface area contributed by atoms with Crippen LogP contribution in [0, 0.1) is 5.82 Å². The van der Waals surface area contributed by atoms with Crippen molar-refractivity contribution in [3.63, 3.8) is 0 Å². The molecule has 12 heteroatoms. The molecule has 0 saturated carbocycles. The first-order chi connectivity index (χ1) is 16.2. The molecule has 0 aliphatic carbocycles. The Morgan fingerprint density at radius 3 is 2.51 bits per heavy atom. The molecule has 5 rings (SSSR count). The maximum absolute atomic E-state index is 12.8. The first kappa shape index (κ1) is 25.5. The van der Waals surface area contributed by atoms with Gasteiger partial charge >= 0.3 is 5.97 Å². The van der Waals surface area contributed by atoms with Gasteiger partial charge in [0.25, 0.3) is 16.4 Å². The number of carboxylic acid groups (broad SMARTS) is 1. The molecule has 0 amide bonds. The summed E-state index contributed by atoms with van der Waals surface area (Å²) < 4.78 is 12.8. The molecular formula is C23H21ClFN5O5. The highest BCUT2D eigenvalue weighted by molar-refractivity contribution is 5.87. The Hall–Kier alpha value is -4.09. The van der Waals surface area contributed by atoms with E-state index >= 15 is 0 Å². The van der Waals surface area contributed by atoms with Gasteiger partial charge in [0.05, 0.1) is 10.9 Å². The van der Waals surface area contributed by atoms with Crippen molar-refractivity contribution in [2.24, 2.45) is 5.73 Å². The molecule has 0 atom stereocenters. The number of nitrogens with one attached hydrogen (secondary N) is 1. The summed E-state index contributed by atoms with van der Waals surface area (Å²) in [5.41, 5.74) is 13.7. The summed E-state index contributed by atoms with van der Waals surface area (Å²) >= 11 is 0. The zero-order valence-corrected chi connectivity index (χ0v) is 19.0. The lowest BCUT2D eigenvalue weighted by molar-refractivity contribution is 0.0683. The van der Waals surface area contributed by atoms with Gasteiger partial charge in [-0.15, -0.1) is 12.4 Å². The van der Waals surface area contributed by atoms with Gasteiger partial charge in [-0.3, -0.25) is 14.4 Å². The Kier molecular flexibility index (Phi) is 7.32. The number of nitrogens with zero attached hydrogens (tertiary/aromatic N) is 2. The van der Waals surface area contributed by atoms with E-state index in [4.69, 9.17) is 16.6 Å². The van der Waals surface area contributed by atoms with Gasteiger partial charge in [0.15, 0.2) is 0 Å². The fraction of sp³-hybridized carbons (Fsp3) is 0.174. The molecule has 1 aliphatic rings. The van der Waals surface area contributed by atoms with Crippen molar-refractivity contribution in [1.29, 1.82) is 0 Å². The van der Waals surface area contributed by atoms with Gasteiger partial charge in [0, 0.05) is 19.6 Å². The summed E-state index contributed by atoms with van der Waals surface area (Å²) in [6, 6.07) is 9.54. The maximum Gasteiger partial charge on any atom is 0.372 e. The average molecular weight is 502 g/mol. The normalized spacial score (nSPS) is 12.5. The fourth-order valence-electron chi connectivity index (χ4n) is 3.85. The Morgan fingerprint density at radius 2 is 1.86 bits per heavy atom. The second-order valence-electron chi connectivity index (χ2n) is 7.78. The van der Waals surface area contributed by atoms with Crippen LogP contribution in [0.25, 0.3) is 10.9 Å². The molecule has 4 aromatic rings. The van der Waals surface area contributed by atoms with Crippen LogP contribution in [-0.4, -0.2) is 27.6 Å². The number of fused-ring (bicyclic) bond motifs is 2. The van der Waals surface area contributed by atoms with Gasteiger partial charge in [-0.25, -0.2) is 14.2 Å². The van der Waals surface area contributed by atoms with Crippen molar-refractivity contribution in [2.45, 2.75) is 19.5 Å². The number of anilines is 2. The van der Waals surface area contributed by atoms with Crippen LogP contribution in [0.2, 0.25) is 0 Å². The summed E-state index contributed by atoms with van der Waals surface area (Å²) in [7, 11) is 0. The molecule has 0 radical (unpaired) electrons. The molecular weight excluding hydrogens is 481 g/mol. The van der Waals surface area contributed by atoms with Crippen molar-refractivity contribution in [1.82, 2.24) is 9.97 Å². The minimum Gasteiger partial charge on any atom is -0.475 e. The van der Waals surface area contributed by atoms with Gasteiger partial charge in [-0.2, -0.15) is 0 Å². The molecule has 0 spiro atoms. The van der Waals surface area contributed by atoms with E-state index < -0.39 is 34.0 Å². The third-order valence-electron chi connectivity index (χ3n) is 5.63. The lowest BCUT2D eigenvalue weighted by Crippen LogP contribution is -2.44. The number of aromatic nitrogens is 2. The number of halogens is 2. The molecule has 182 valence electrons. The minimum absolute atomic E-state index is 0. The first-order valence-corrected chi connectivity index (χ1v) is 10.3. The molecule has 10 nitrogen and oxygen atoms in total. The number of rotatable bonds is 3. The second kappa shape index (κ2) is 10.0. The number of carbonyl (C=O) groups is 1. The molecule has 1 aliphatic heterocycles. The number of nitrogens with two attached hydrogens (primary N) is 2. The van der Waals surface area contributed by atoms with E-state index in [0.29, 0.717) is 25.3 Å². The Morgan fingerprint density at radius 1 is 1.11 bits per heavy atom. The van der Waals surface area contributed by atoms with Gasteiger partial charge in [-0.1, -0.05) is 18.2 Å². The predicted octanol–water partition coefficient (Wildman–Crippen LogP) is 1.07. The van der Waals surface area contributed by atoms with Crippen LogP contribution in [0.3, 0.4) is 0 Å². The van der Waals surface area contributed by atoms with Crippen LogP contribution in [0.1, 0.15) is 27.3 Å². The van der Waals surface area contributed by atoms with E-state index in [9.17, 15) is 23.6 Å². The van der Waals surface area contributed by atoms with Crippen LogP contribution in [-0.2, 0) is 19.5 Å². The quantitative estimate of drug-likeness (QED) is 0.299. The standard InChI is InChI=1S/C14H15N3O2.C9H5FN2O3.ClH/c15-6-8-1-2-9-3-4-17(7-10(9)5-8)12-11(16)13(18)14(12)19;10-4-1-2-6-5(3-4)8(13)12-7(11-6)9(14)15;/h1-2,5H,3-4,6-7,15-16H2;1-3H,(H,14,15)(H,11,12,13);1H. The minimum atomic E-state index is -1.33. The van der Waals surface area contributed by atoms with Crippen LogP contribution in [0.5, 0.6) is 0 Å². The van der Waals surface area contributed by atoms with Gasteiger partial charge < -0.3 is 26.5 Å². The lowest BCUT2D eigenvalue weighted by Gasteiger charge is -2.31. The third kappa shape index (κ3) is 4.91. The topological polar surface area (TPSA) is 172 Å². The van der Waals surface area contributed by atoms with E-state index in [0.717, 1.165) is 29.7 Å². The number of aromatic amines is 1. The van der Waals surface area contributed by atoms with E-state index in [1.807, 2.05) is 16.0 Å². The van der Waals surface area contributed by atoms with Crippen molar-refractivity contribution in [3.8, 4) is 0 Å². The lowest BCUT2D eigenvalue weighted by atomic mass is 9.96. The number of hydrogen-bond donors (Lipinski definition) is 4. The number of aromatic carboxylic acids is 1. The molecule has 1 aromatic heterocycles. The summed E-state index contributed by atoms with van der Waals surface area (Å²) in [6.45, 7) is 1.82. The summed E-state index contributed by atoms with van der Waals surface area (Å²) in [5, 5.41) is 8.64. The van der Waals surface area contributed by atoms with Crippen LogP contribution < -0.4 is 32.8 Å². The fourth-order valence-corrected chi connectivity index (χ4v) is 3.85. The largest absolute Gasteiger partial charge is 0.475 e. The number of hydrogen-bond acceptors (Lipinski definition) is 8. The summed E-state index contributed by atoms with van der Waals surface area (Å²) in [6.07, 6.45) is 0.846. The Balaban J connectivity index is 0.000000195. The second-order valence-corrected chi connectivity index (χ2v) is 7.78. The number of benzene rings is 2. The van der Waals surface area contributed by atoms with Crippen LogP contribution in [0.15, 0.2) is 50.8 Å². The maximum atomic E-state index is 12.8. The first-order valence-electron chi connectivity index (χ1n) is 10.3. The van der Waals surface area contributed by atoms with Crippen molar-refractivity contribution in [2.75, 3.05) is 17.2 Å². The van der Waals surface area contributed by atoms with Gasteiger partial charge in [0.1, 0.15) is 17.2 Å². The van der Waals surface area contributed by atoms with E-state index in [1.54, 1.807) is 0 Å². The molecule has 0 fully saturated rings. The number of nitrogen functional groups attached to an aromatic ring is 1. The monoisotopic (exact) mass is 501 g/mol. The van der Waals surface area contributed by atoms with Gasteiger partial charge in [0.2, 0.25) is 5.82 Å². The average Bonchev–Trinajstić information content (AvgIpc) is 2.84. The highest BCUT2D eigenvalue weighted by Crippen LogP contribution is 2.26. The van der Waals surface area contributed by atoms with Crippen molar-refractivity contribution >= 4 is 40.7 Å². The molecule has 0 saturated heterocycles. The number of carboxylic acids is 1. The third-order valence-corrected chi connectivity index (χ3v) is 5.63. The highest BCUT2D eigenvalue weighted by Gasteiger charge is 2.26. The highest BCUT2D eigenvalue weighted by atomic mass is 35.5. The zero-order valence-electron chi connectivity index (χ0n) is 18.2. The Labute approximate surface area is 203 Å². The summed E-state index contributed by atoms with van der Waals surface area (Å²) in [4.78, 5) is 52.2. The molecule has 0 unspecified atom stereocenters. The van der Waals surface area contributed by atoms with Gasteiger partial charge in [-0.05, 0) is 41.3 Å². The van der Waals surface area contributed by atoms with Crippen LogP contribution in [0.4, 0.5) is 15.8 Å². The molecule has 6 N–H and O–H groups in total. The van der Waals surface area contributed by atoms with E-state index in [1.165, 1.54) is 11.6 Å². The van der Waals surface area contributed by atoms with Crippen LogP contribution >= 0.6 is 12.4 Å². The van der Waals surface area contributed by atoms with E-state index in [2.05, 4.69) is 17.1 Å². The number of H-pyrrole nitrogens is 1. The predicted molar refractivity (Wildman–Crippen MR) is 131 cm³/mol. The smallest absolute Gasteiger partial charge is 0.372 e. The summed E-state index contributed by atoms with van der Waals surface area (Å²) in [5.74, 6) is -2.37. The Bertz CT molecular complexity index is 1560. The molecule has 0 bridgehead atoms. The molecule has 35 heavy (non-hydrogen) atoms. The zero-order chi connectivity index (χ0) is 24.6. The molecule has 3 aromatic carbocycles. The molecule has 2 heterocycles. The van der Waals surface area contributed by atoms with Crippen molar-refractivity contribution < 1.29 is 14.3 Å².